The van der Waals surface area contributed by atoms with Gasteiger partial charge in [0.25, 0.3) is 0 Å². The number of hydrogen-bond donors (Lipinski definition) is 3. The van der Waals surface area contributed by atoms with Gasteiger partial charge in [-0.1, -0.05) is 18.2 Å². The summed E-state index contributed by atoms with van der Waals surface area (Å²) in [5, 5.41) is 13.8. The maximum Gasteiger partial charge on any atom is 0.326 e. The minimum absolute atomic E-state index is 0.364. The predicted molar refractivity (Wildman–Crippen MR) is 91.4 cm³/mol. The van der Waals surface area contributed by atoms with Crippen LogP contribution in [-0.2, 0) is 14.4 Å². The second-order valence-electron chi connectivity index (χ2n) is 5.28. The number of hydrogen-bond acceptors (Lipinski definition) is 4. The lowest BCUT2D eigenvalue weighted by molar-refractivity contribution is -0.142. The Labute approximate surface area is 144 Å². The normalized spacial score (nSPS) is 11.2. The van der Waals surface area contributed by atoms with E-state index >= 15 is 0 Å². The molecule has 2 aromatic carbocycles. The molecular formula is C18H18N2O5. The Morgan fingerprint density at radius 2 is 1.60 bits per heavy atom. The van der Waals surface area contributed by atoms with E-state index in [0.717, 1.165) is 0 Å². The van der Waals surface area contributed by atoms with Gasteiger partial charge in [0.2, 0.25) is 11.8 Å². The van der Waals surface area contributed by atoms with Crippen molar-refractivity contribution in [1.82, 2.24) is 5.32 Å². The Hall–Kier alpha value is -3.35. The first-order valence-corrected chi connectivity index (χ1v) is 7.57. The van der Waals surface area contributed by atoms with Gasteiger partial charge in [-0.2, -0.15) is 0 Å². The Morgan fingerprint density at radius 1 is 1.00 bits per heavy atom. The van der Waals surface area contributed by atoms with E-state index in [4.69, 9.17) is 9.84 Å². The third kappa shape index (κ3) is 5.98. The van der Waals surface area contributed by atoms with E-state index < -0.39 is 23.8 Å². The number of nitrogens with one attached hydrogen (secondary N) is 2. The lowest BCUT2D eigenvalue weighted by Gasteiger charge is -2.13. The predicted octanol–water partition coefficient (Wildman–Crippen LogP) is 2.40. The lowest BCUT2D eigenvalue weighted by Crippen LogP contribution is -2.42. The molecule has 130 valence electrons. The number of carboxylic acid groups (broad SMARTS) is 1. The molecule has 2 rings (SSSR count). The van der Waals surface area contributed by atoms with Crippen LogP contribution < -0.4 is 15.4 Å². The van der Waals surface area contributed by atoms with Crippen molar-refractivity contribution in [2.24, 2.45) is 0 Å². The van der Waals surface area contributed by atoms with E-state index in [9.17, 15) is 14.4 Å². The van der Waals surface area contributed by atoms with E-state index in [0.29, 0.717) is 17.2 Å². The molecule has 7 heteroatoms. The molecule has 0 saturated carbocycles. The minimum atomic E-state index is -1.27. The number of ether oxygens (including phenoxy) is 1. The van der Waals surface area contributed by atoms with E-state index in [1.165, 1.54) is 6.92 Å². The average molecular weight is 342 g/mol. The molecule has 0 heterocycles. The van der Waals surface area contributed by atoms with Crippen LogP contribution >= 0.6 is 0 Å². The second-order valence-corrected chi connectivity index (χ2v) is 5.28. The average Bonchev–Trinajstić information content (AvgIpc) is 2.56. The molecule has 0 bridgehead atoms. The highest BCUT2D eigenvalue weighted by Gasteiger charge is 2.22. The number of aliphatic carboxylic acids is 1. The van der Waals surface area contributed by atoms with Crippen molar-refractivity contribution >= 4 is 23.5 Å². The summed E-state index contributed by atoms with van der Waals surface area (Å²) in [6.45, 7) is 1.19. The molecule has 3 N–H and O–H groups in total. The molecule has 0 spiro atoms. The molecule has 7 nitrogen and oxygen atoms in total. The smallest absolute Gasteiger partial charge is 0.326 e. The van der Waals surface area contributed by atoms with Gasteiger partial charge in [0, 0.05) is 12.6 Å². The fourth-order valence-corrected chi connectivity index (χ4v) is 2.07. The molecule has 0 aliphatic rings. The summed E-state index contributed by atoms with van der Waals surface area (Å²) in [7, 11) is 0. The van der Waals surface area contributed by atoms with Crippen LogP contribution in [0.2, 0.25) is 0 Å². The molecule has 0 aliphatic heterocycles. The van der Waals surface area contributed by atoms with Crippen LogP contribution in [0.1, 0.15) is 13.3 Å². The van der Waals surface area contributed by atoms with Gasteiger partial charge < -0.3 is 20.5 Å². The quantitative estimate of drug-likeness (QED) is 0.717. The summed E-state index contributed by atoms with van der Waals surface area (Å²) in [5.74, 6) is -0.998. The first-order valence-electron chi connectivity index (χ1n) is 7.57. The highest BCUT2D eigenvalue weighted by molar-refractivity contribution is 5.95. The van der Waals surface area contributed by atoms with Gasteiger partial charge in [-0.3, -0.25) is 9.59 Å². The second kappa shape index (κ2) is 8.49. The molecular weight excluding hydrogens is 324 g/mol. The number of carboxylic acids is 1. The zero-order chi connectivity index (χ0) is 18.2. The van der Waals surface area contributed by atoms with Crippen LogP contribution in [0, 0.1) is 0 Å². The Kier molecular flexibility index (Phi) is 6.11. The molecule has 0 unspecified atom stereocenters. The summed E-state index contributed by atoms with van der Waals surface area (Å²) in [6.07, 6.45) is -0.364. The van der Waals surface area contributed by atoms with Crippen molar-refractivity contribution in [2.45, 2.75) is 19.4 Å². The van der Waals surface area contributed by atoms with E-state index in [1.54, 1.807) is 24.3 Å². The minimum Gasteiger partial charge on any atom is -0.480 e. The summed E-state index contributed by atoms with van der Waals surface area (Å²) in [6, 6.07) is 14.6. The zero-order valence-electron chi connectivity index (χ0n) is 13.6. The van der Waals surface area contributed by atoms with Gasteiger partial charge in [-0.05, 0) is 36.4 Å². The molecule has 0 aliphatic carbocycles. The maximum atomic E-state index is 11.9. The lowest BCUT2D eigenvalue weighted by atomic mass is 10.2. The number of carbonyl (C=O) groups is 3. The standard InChI is InChI=1S/C18H18N2O5/c1-12(21)19-16(18(23)24)11-17(22)20-13-7-9-15(10-8-13)25-14-5-3-2-4-6-14/h2-10,16H,11H2,1H3,(H,19,21)(H,20,22)(H,23,24)/t16-/m0/s1. The summed E-state index contributed by atoms with van der Waals surface area (Å²) in [4.78, 5) is 33.9. The third-order valence-electron chi connectivity index (χ3n) is 3.18. The van der Waals surface area contributed by atoms with Gasteiger partial charge in [-0.25, -0.2) is 4.79 Å². The number of rotatable bonds is 7. The summed E-state index contributed by atoms with van der Waals surface area (Å²) in [5.41, 5.74) is 0.498. The van der Waals surface area contributed by atoms with Crippen molar-refractivity contribution in [3.63, 3.8) is 0 Å². The van der Waals surface area contributed by atoms with E-state index in [1.807, 2.05) is 30.3 Å². The SMILES string of the molecule is CC(=O)N[C@@H](CC(=O)Nc1ccc(Oc2ccccc2)cc1)C(=O)O. The third-order valence-corrected chi connectivity index (χ3v) is 3.18. The molecule has 1 atom stereocenters. The zero-order valence-corrected chi connectivity index (χ0v) is 13.6. The maximum absolute atomic E-state index is 11.9. The summed E-state index contributed by atoms with van der Waals surface area (Å²) < 4.78 is 5.64. The van der Waals surface area contributed by atoms with Crippen molar-refractivity contribution in [3.8, 4) is 11.5 Å². The van der Waals surface area contributed by atoms with Crippen molar-refractivity contribution in [3.05, 3.63) is 54.6 Å². The number of anilines is 1. The van der Waals surface area contributed by atoms with Crippen LogP contribution in [0.25, 0.3) is 0 Å². The van der Waals surface area contributed by atoms with Gasteiger partial charge in [0.1, 0.15) is 17.5 Å². The Balaban J connectivity index is 1.92. The molecule has 0 aromatic heterocycles. The highest BCUT2D eigenvalue weighted by atomic mass is 16.5. The fourth-order valence-electron chi connectivity index (χ4n) is 2.07. The summed E-state index contributed by atoms with van der Waals surface area (Å²) >= 11 is 0. The molecule has 2 aromatic rings. The molecule has 25 heavy (non-hydrogen) atoms. The van der Waals surface area contributed by atoms with Crippen LogP contribution in [0.4, 0.5) is 5.69 Å². The molecule has 0 saturated heterocycles. The van der Waals surface area contributed by atoms with E-state index in [-0.39, 0.29) is 6.42 Å². The van der Waals surface area contributed by atoms with E-state index in [2.05, 4.69) is 10.6 Å². The van der Waals surface area contributed by atoms with Crippen molar-refractivity contribution in [1.29, 1.82) is 0 Å². The molecule has 2 amide bonds. The number of benzene rings is 2. The Bertz CT molecular complexity index is 744. The molecule has 0 fully saturated rings. The number of carbonyl (C=O) groups excluding carboxylic acids is 2. The van der Waals surface area contributed by atoms with Gasteiger partial charge in [0.05, 0.1) is 6.42 Å². The largest absolute Gasteiger partial charge is 0.480 e. The van der Waals surface area contributed by atoms with Gasteiger partial charge in [-0.15, -0.1) is 0 Å². The van der Waals surface area contributed by atoms with Crippen LogP contribution in [0.15, 0.2) is 54.6 Å². The first-order chi connectivity index (χ1) is 11.9. The van der Waals surface area contributed by atoms with Crippen molar-refractivity contribution < 1.29 is 24.2 Å². The monoisotopic (exact) mass is 342 g/mol. The highest BCUT2D eigenvalue weighted by Crippen LogP contribution is 2.22. The number of amides is 2. The molecule has 0 radical (unpaired) electrons. The van der Waals surface area contributed by atoms with Crippen LogP contribution in [-0.4, -0.2) is 28.9 Å². The van der Waals surface area contributed by atoms with Crippen LogP contribution in [0.5, 0.6) is 11.5 Å². The number of para-hydroxylation sites is 1. The van der Waals surface area contributed by atoms with Gasteiger partial charge >= 0.3 is 5.97 Å². The topological polar surface area (TPSA) is 105 Å². The fraction of sp³-hybridized carbons (Fsp3) is 0.167. The van der Waals surface area contributed by atoms with Crippen LogP contribution in [0.3, 0.4) is 0 Å². The Morgan fingerprint density at radius 3 is 2.16 bits per heavy atom. The first kappa shape index (κ1) is 18.0. The van der Waals surface area contributed by atoms with Crippen molar-refractivity contribution in [2.75, 3.05) is 5.32 Å². The van der Waals surface area contributed by atoms with Gasteiger partial charge in [0.15, 0.2) is 0 Å².